The Kier molecular flexibility index (Phi) is 7.02. The van der Waals surface area contributed by atoms with E-state index in [1.54, 1.807) is 6.07 Å². The van der Waals surface area contributed by atoms with Crippen LogP contribution in [-0.2, 0) is 11.0 Å². The molecule has 0 bridgehead atoms. The zero-order valence-corrected chi connectivity index (χ0v) is 20.0. The van der Waals surface area contributed by atoms with Gasteiger partial charge in [-0.25, -0.2) is 0 Å². The Morgan fingerprint density at radius 1 is 0.829 bits per heavy atom. The number of hydrogen-bond acceptors (Lipinski definition) is 4. The molecule has 0 aromatic heterocycles. The molecule has 0 atom stereocenters. The van der Waals surface area contributed by atoms with Crippen LogP contribution in [0.3, 0.4) is 0 Å². The SMILES string of the molecule is O=C(CN1CCN(c2ccc(-c3cccc(C(F)(F)F)c3)cc2)CC1)N1CCN(C2CCC2)CC1. The summed E-state index contributed by atoms with van der Waals surface area (Å²) in [5.74, 6) is 0.233. The van der Waals surface area contributed by atoms with Crippen LogP contribution in [0.5, 0.6) is 0 Å². The van der Waals surface area contributed by atoms with Crippen molar-refractivity contribution in [2.24, 2.45) is 0 Å². The minimum absolute atomic E-state index is 0.233. The first-order valence-corrected chi connectivity index (χ1v) is 12.6. The average Bonchev–Trinajstić information content (AvgIpc) is 2.84. The van der Waals surface area contributed by atoms with E-state index in [4.69, 9.17) is 0 Å². The fraction of sp³-hybridized carbons (Fsp3) is 0.519. The highest BCUT2D eigenvalue weighted by Crippen LogP contribution is 2.33. The van der Waals surface area contributed by atoms with Crippen molar-refractivity contribution in [3.8, 4) is 11.1 Å². The third-order valence-electron chi connectivity index (χ3n) is 7.74. The summed E-state index contributed by atoms with van der Waals surface area (Å²) in [4.78, 5) is 21.9. The van der Waals surface area contributed by atoms with Crippen molar-refractivity contribution in [3.05, 3.63) is 54.1 Å². The lowest BCUT2D eigenvalue weighted by Crippen LogP contribution is -2.56. The van der Waals surface area contributed by atoms with Gasteiger partial charge in [0.1, 0.15) is 0 Å². The van der Waals surface area contributed by atoms with Crippen molar-refractivity contribution in [2.75, 3.05) is 63.8 Å². The average molecular weight is 487 g/mol. The lowest BCUT2D eigenvalue weighted by Gasteiger charge is -2.43. The van der Waals surface area contributed by atoms with Gasteiger partial charge >= 0.3 is 6.18 Å². The number of hydrogen-bond donors (Lipinski definition) is 0. The highest BCUT2D eigenvalue weighted by atomic mass is 19.4. The number of alkyl halides is 3. The predicted molar refractivity (Wildman–Crippen MR) is 131 cm³/mol. The van der Waals surface area contributed by atoms with Crippen LogP contribution in [-0.4, -0.2) is 85.6 Å². The molecule has 1 amide bonds. The van der Waals surface area contributed by atoms with E-state index in [0.29, 0.717) is 12.1 Å². The minimum atomic E-state index is -4.35. The number of carbonyl (C=O) groups is 1. The molecule has 2 aromatic rings. The molecule has 5 nitrogen and oxygen atoms in total. The van der Waals surface area contributed by atoms with Gasteiger partial charge in [-0.1, -0.05) is 30.7 Å². The number of rotatable bonds is 5. The van der Waals surface area contributed by atoms with Gasteiger partial charge in [0, 0.05) is 64.1 Å². The molecule has 0 radical (unpaired) electrons. The van der Waals surface area contributed by atoms with Crippen LogP contribution in [0, 0.1) is 0 Å². The van der Waals surface area contributed by atoms with E-state index in [1.807, 2.05) is 29.2 Å². The topological polar surface area (TPSA) is 30.0 Å². The first-order chi connectivity index (χ1) is 16.9. The van der Waals surface area contributed by atoms with Gasteiger partial charge in [0.15, 0.2) is 0 Å². The summed E-state index contributed by atoms with van der Waals surface area (Å²) in [6, 6.07) is 13.9. The van der Waals surface area contributed by atoms with Gasteiger partial charge in [-0.15, -0.1) is 0 Å². The van der Waals surface area contributed by atoms with E-state index in [2.05, 4.69) is 14.7 Å². The molecule has 2 aliphatic heterocycles. The van der Waals surface area contributed by atoms with Gasteiger partial charge in [-0.05, 0) is 48.2 Å². The predicted octanol–water partition coefficient (Wildman–Crippen LogP) is 4.19. The van der Waals surface area contributed by atoms with E-state index in [0.717, 1.165) is 75.7 Å². The Bertz CT molecular complexity index is 1010. The van der Waals surface area contributed by atoms with Crippen molar-refractivity contribution in [2.45, 2.75) is 31.5 Å². The molecule has 8 heteroatoms. The first kappa shape index (κ1) is 24.1. The Hall–Kier alpha value is -2.58. The normalized spacial score (nSPS) is 20.7. The molecule has 1 aliphatic carbocycles. The second-order valence-corrected chi connectivity index (χ2v) is 9.89. The van der Waals surface area contributed by atoms with Gasteiger partial charge in [-0.3, -0.25) is 14.6 Å². The summed E-state index contributed by atoms with van der Waals surface area (Å²) >= 11 is 0. The summed E-state index contributed by atoms with van der Waals surface area (Å²) in [6.07, 6.45) is -0.379. The maximum absolute atomic E-state index is 13.0. The second kappa shape index (κ2) is 10.2. The highest BCUT2D eigenvalue weighted by Gasteiger charge is 2.31. The van der Waals surface area contributed by atoms with Crippen LogP contribution in [0.25, 0.3) is 11.1 Å². The van der Waals surface area contributed by atoms with Gasteiger partial charge in [-0.2, -0.15) is 13.2 Å². The second-order valence-electron chi connectivity index (χ2n) is 9.89. The fourth-order valence-corrected chi connectivity index (χ4v) is 5.28. The molecule has 2 heterocycles. The minimum Gasteiger partial charge on any atom is -0.369 e. The van der Waals surface area contributed by atoms with Crippen LogP contribution in [0.4, 0.5) is 18.9 Å². The number of piperazine rings is 2. The number of carbonyl (C=O) groups excluding carboxylic acids is 1. The third-order valence-corrected chi connectivity index (χ3v) is 7.74. The summed E-state index contributed by atoms with van der Waals surface area (Å²) in [7, 11) is 0. The van der Waals surface area contributed by atoms with E-state index in [1.165, 1.54) is 31.4 Å². The number of nitrogens with zero attached hydrogens (tertiary/aromatic N) is 4. The van der Waals surface area contributed by atoms with Crippen molar-refractivity contribution in [1.29, 1.82) is 0 Å². The van der Waals surface area contributed by atoms with E-state index < -0.39 is 11.7 Å². The summed E-state index contributed by atoms with van der Waals surface area (Å²) in [5, 5.41) is 0. The highest BCUT2D eigenvalue weighted by molar-refractivity contribution is 5.78. The molecule has 35 heavy (non-hydrogen) atoms. The van der Waals surface area contributed by atoms with E-state index >= 15 is 0 Å². The van der Waals surface area contributed by atoms with Crippen LogP contribution in [0.1, 0.15) is 24.8 Å². The summed E-state index contributed by atoms with van der Waals surface area (Å²) in [5.41, 5.74) is 1.74. The maximum Gasteiger partial charge on any atom is 0.416 e. The van der Waals surface area contributed by atoms with E-state index in [9.17, 15) is 18.0 Å². The Labute approximate surface area is 205 Å². The van der Waals surface area contributed by atoms with Crippen molar-refractivity contribution < 1.29 is 18.0 Å². The number of benzene rings is 2. The molecule has 0 spiro atoms. The zero-order chi connectivity index (χ0) is 24.4. The molecule has 0 unspecified atom stereocenters. The van der Waals surface area contributed by atoms with Crippen LogP contribution < -0.4 is 4.90 Å². The van der Waals surface area contributed by atoms with Crippen LogP contribution in [0.15, 0.2) is 48.5 Å². The molecular formula is C27H33F3N4O. The lowest BCUT2D eigenvalue weighted by atomic mass is 9.91. The van der Waals surface area contributed by atoms with Gasteiger partial charge in [0.2, 0.25) is 5.91 Å². The number of amides is 1. The molecule has 0 N–H and O–H groups in total. The number of anilines is 1. The Morgan fingerprint density at radius 3 is 2.11 bits per heavy atom. The van der Waals surface area contributed by atoms with Crippen LogP contribution >= 0.6 is 0 Å². The van der Waals surface area contributed by atoms with E-state index in [-0.39, 0.29) is 5.91 Å². The zero-order valence-electron chi connectivity index (χ0n) is 20.0. The van der Waals surface area contributed by atoms with Crippen molar-refractivity contribution >= 4 is 11.6 Å². The lowest BCUT2D eigenvalue weighted by molar-refractivity contribution is -0.137. The molecular weight excluding hydrogens is 453 g/mol. The fourth-order valence-electron chi connectivity index (χ4n) is 5.28. The van der Waals surface area contributed by atoms with Crippen LogP contribution in [0.2, 0.25) is 0 Å². The quantitative estimate of drug-likeness (QED) is 0.634. The maximum atomic E-state index is 13.0. The standard InChI is InChI=1S/C27H33F3N4O/c28-27(29,30)23-4-1-3-22(19-23)21-7-9-25(10-8-21)32-13-11-31(12-14-32)20-26(35)34-17-15-33(16-18-34)24-5-2-6-24/h1,3-4,7-10,19,24H,2,5-6,11-18,20H2. The molecule has 3 aliphatic rings. The number of halogens is 3. The largest absolute Gasteiger partial charge is 0.416 e. The molecule has 5 rings (SSSR count). The smallest absolute Gasteiger partial charge is 0.369 e. The third kappa shape index (κ3) is 5.64. The molecule has 3 fully saturated rings. The van der Waals surface area contributed by atoms with Gasteiger partial charge in [0.05, 0.1) is 12.1 Å². The van der Waals surface area contributed by atoms with Crippen molar-refractivity contribution in [3.63, 3.8) is 0 Å². The molecule has 188 valence electrons. The van der Waals surface area contributed by atoms with Gasteiger partial charge in [0.25, 0.3) is 0 Å². The first-order valence-electron chi connectivity index (χ1n) is 12.6. The summed E-state index contributed by atoms with van der Waals surface area (Å²) in [6.45, 7) is 7.46. The molecule has 1 saturated carbocycles. The Morgan fingerprint density at radius 2 is 1.51 bits per heavy atom. The molecule has 2 saturated heterocycles. The Balaban J connectivity index is 1.10. The monoisotopic (exact) mass is 486 g/mol. The molecule has 2 aromatic carbocycles. The van der Waals surface area contributed by atoms with Crippen molar-refractivity contribution in [1.82, 2.24) is 14.7 Å². The van der Waals surface area contributed by atoms with Gasteiger partial charge < -0.3 is 9.80 Å². The summed E-state index contributed by atoms with van der Waals surface area (Å²) < 4.78 is 39.1.